The number of carbonyl (C=O) groups excluding carboxylic acids is 1. The number of amides is 1. The second-order valence-electron chi connectivity index (χ2n) is 24.7. The van der Waals surface area contributed by atoms with Crippen LogP contribution in [0.3, 0.4) is 0 Å². The zero-order valence-corrected chi connectivity index (χ0v) is 55.5. The summed E-state index contributed by atoms with van der Waals surface area (Å²) in [6.07, 6.45) is 88.7. The molecule has 0 saturated carbocycles. The molecule has 0 aromatic heterocycles. The molecule has 496 valence electrons. The number of rotatable bonds is 62. The van der Waals surface area contributed by atoms with Gasteiger partial charge in [-0.25, -0.2) is 0 Å². The van der Waals surface area contributed by atoms with Crippen LogP contribution in [0.25, 0.3) is 0 Å². The summed E-state index contributed by atoms with van der Waals surface area (Å²) in [5.41, 5.74) is 0. The van der Waals surface area contributed by atoms with Gasteiger partial charge in [0.2, 0.25) is 5.91 Å². The number of carbonyl (C=O) groups is 1. The monoisotopic (exact) mass is 1200 g/mol. The second kappa shape index (κ2) is 64.8. The van der Waals surface area contributed by atoms with Crippen LogP contribution in [0.2, 0.25) is 0 Å². The summed E-state index contributed by atoms with van der Waals surface area (Å²) in [6, 6.07) is -0.740. The topological polar surface area (TPSA) is 149 Å². The third kappa shape index (κ3) is 52.8. The van der Waals surface area contributed by atoms with Gasteiger partial charge in [-0.3, -0.25) is 4.79 Å². The Labute approximate surface area is 529 Å². The highest BCUT2D eigenvalue weighted by Crippen LogP contribution is 2.24. The van der Waals surface area contributed by atoms with E-state index in [4.69, 9.17) is 9.47 Å². The van der Waals surface area contributed by atoms with Gasteiger partial charge in [-0.2, -0.15) is 0 Å². The van der Waals surface area contributed by atoms with Crippen LogP contribution < -0.4 is 5.32 Å². The van der Waals surface area contributed by atoms with E-state index in [1.807, 2.05) is 0 Å². The van der Waals surface area contributed by atoms with Crippen molar-refractivity contribution in [3.63, 3.8) is 0 Å². The Bertz CT molecular complexity index is 1730. The molecule has 1 rings (SSSR count). The van der Waals surface area contributed by atoms with Crippen molar-refractivity contribution in [2.45, 2.75) is 358 Å². The summed E-state index contributed by atoms with van der Waals surface area (Å²) in [4.78, 5) is 13.2. The van der Waals surface area contributed by atoms with Crippen molar-refractivity contribution in [2.24, 2.45) is 0 Å². The van der Waals surface area contributed by atoms with Gasteiger partial charge in [0.1, 0.15) is 24.4 Å². The Hall–Kier alpha value is -3.15. The van der Waals surface area contributed by atoms with E-state index in [2.05, 4.69) is 129 Å². The first kappa shape index (κ1) is 80.9. The number of aliphatic hydroxyl groups excluding tert-OH is 5. The van der Waals surface area contributed by atoms with E-state index in [0.717, 1.165) is 116 Å². The molecule has 1 fully saturated rings. The minimum absolute atomic E-state index is 0.152. The molecule has 9 heteroatoms. The van der Waals surface area contributed by atoms with Gasteiger partial charge in [0.25, 0.3) is 0 Å². The number of allylic oxidation sites excluding steroid dienone is 18. The Kier molecular flexibility index (Phi) is 61.0. The zero-order chi connectivity index (χ0) is 62.1. The van der Waals surface area contributed by atoms with Crippen LogP contribution in [-0.4, -0.2) is 87.5 Å². The average Bonchev–Trinajstić information content (AvgIpc) is 2.60. The van der Waals surface area contributed by atoms with E-state index < -0.39 is 49.5 Å². The molecule has 1 heterocycles. The fraction of sp³-hybridized carbons (Fsp3) is 0.753. The maximum Gasteiger partial charge on any atom is 0.220 e. The first-order valence-corrected chi connectivity index (χ1v) is 36.1. The van der Waals surface area contributed by atoms with Crippen LogP contribution in [0, 0.1) is 0 Å². The predicted octanol–water partition coefficient (Wildman–Crippen LogP) is 20.0. The SMILES string of the molecule is CC/C=C\C/C=C\C/C=C\C/C=C\C/C=C\C/C=C\C/C=C\C/C=C\C/C=C\CCCCCCCC(=O)NC(COC1OC(CO)C(O)C(O)C1O)C(O)CCCCCCCCCCCCCCCCCCCCCCCCCCCCCCCC. The largest absolute Gasteiger partial charge is 0.394 e. The number of hydrogen-bond acceptors (Lipinski definition) is 8. The van der Waals surface area contributed by atoms with Crippen molar-refractivity contribution >= 4 is 5.91 Å². The molecule has 9 nitrogen and oxygen atoms in total. The van der Waals surface area contributed by atoms with Crippen LogP contribution in [0.1, 0.15) is 316 Å². The van der Waals surface area contributed by atoms with Crippen molar-refractivity contribution in [3.8, 4) is 0 Å². The van der Waals surface area contributed by atoms with Crippen molar-refractivity contribution in [1.82, 2.24) is 5.32 Å². The lowest BCUT2D eigenvalue weighted by Gasteiger charge is -2.40. The molecule has 0 aromatic rings. The lowest BCUT2D eigenvalue weighted by molar-refractivity contribution is -0.302. The zero-order valence-electron chi connectivity index (χ0n) is 55.5. The number of nitrogens with one attached hydrogen (secondary N) is 1. The lowest BCUT2D eigenvalue weighted by atomic mass is 9.99. The highest BCUT2D eigenvalue weighted by atomic mass is 16.7. The first-order valence-electron chi connectivity index (χ1n) is 36.1. The Balaban J connectivity index is 2.16. The first-order chi connectivity index (χ1) is 42.3. The number of aliphatic hydroxyl groups is 5. The van der Waals surface area contributed by atoms with E-state index >= 15 is 0 Å². The Morgan fingerprint density at radius 1 is 0.407 bits per heavy atom. The van der Waals surface area contributed by atoms with Gasteiger partial charge in [-0.1, -0.05) is 335 Å². The fourth-order valence-corrected chi connectivity index (χ4v) is 11.0. The molecule has 1 aliphatic rings. The molecule has 7 atom stereocenters. The standard InChI is InChI=1S/C77H135NO8/c1-3-5-7-9-11-13-15-17-19-21-23-25-27-29-31-33-35-36-37-39-41-43-45-47-49-51-53-55-57-59-61-63-65-67-73(81)78-70(69-85-77-76(84)75(83)74(82)72(68-79)86-77)71(80)66-64-62-60-58-56-54-52-50-48-46-44-42-40-38-34-32-30-28-26-24-22-20-18-16-14-12-10-8-6-4-2/h5,7,11,13,17,19,23,25,29,31,35-36,39,41,45,47,51,53,70-72,74-77,79-80,82-84H,3-4,6,8-10,12,14-16,18,20-22,24,26-28,30,32-34,37-38,40,42-44,46,48-50,52,54-69H2,1-2H3,(H,78,81)/b7-5-,13-11-,19-17-,25-23-,31-29-,36-35-,41-39-,47-45-,53-51-. The highest BCUT2D eigenvalue weighted by Gasteiger charge is 2.44. The van der Waals surface area contributed by atoms with Gasteiger partial charge < -0.3 is 40.3 Å². The number of ether oxygens (including phenoxy) is 2. The van der Waals surface area contributed by atoms with Crippen LogP contribution in [0.5, 0.6) is 0 Å². The van der Waals surface area contributed by atoms with Crippen LogP contribution in [0.15, 0.2) is 109 Å². The molecular weight excluding hydrogens is 1070 g/mol. The second-order valence-corrected chi connectivity index (χ2v) is 24.7. The molecule has 1 aliphatic heterocycles. The normalized spacial score (nSPS) is 18.7. The van der Waals surface area contributed by atoms with Gasteiger partial charge in [0, 0.05) is 6.42 Å². The summed E-state index contributed by atoms with van der Waals surface area (Å²) in [6.45, 7) is 3.74. The molecule has 86 heavy (non-hydrogen) atoms. The van der Waals surface area contributed by atoms with Crippen molar-refractivity contribution in [1.29, 1.82) is 0 Å². The molecule has 0 bridgehead atoms. The highest BCUT2D eigenvalue weighted by molar-refractivity contribution is 5.76. The molecule has 0 aliphatic carbocycles. The van der Waals surface area contributed by atoms with E-state index in [0.29, 0.717) is 12.8 Å². The average molecular weight is 1200 g/mol. The third-order valence-corrected chi connectivity index (χ3v) is 16.6. The molecule has 6 N–H and O–H groups in total. The number of hydrogen-bond donors (Lipinski definition) is 6. The number of unbranched alkanes of at least 4 members (excludes halogenated alkanes) is 34. The van der Waals surface area contributed by atoms with E-state index in [9.17, 15) is 30.3 Å². The van der Waals surface area contributed by atoms with Gasteiger partial charge in [0.05, 0.1) is 25.4 Å². The maximum atomic E-state index is 13.2. The van der Waals surface area contributed by atoms with Crippen molar-refractivity contribution < 1.29 is 39.8 Å². The van der Waals surface area contributed by atoms with Gasteiger partial charge >= 0.3 is 0 Å². The molecule has 1 saturated heterocycles. The van der Waals surface area contributed by atoms with Crippen LogP contribution >= 0.6 is 0 Å². The van der Waals surface area contributed by atoms with Gasteiger partial charge in [-0.05, 0) is 83.5 Å². The van der Waals surface area contributed by atoms with E-state index in [1.165, 1.54) is 173 Å². The summed E-state index contributed by atoms with van der Waals surface area (Å²) in [7, 11) is 0. The van der Waals surface area contributed by atoms with Gasteiger partial charge in [-0.15, -0.1) is 0 Å². The fourth-order valence-electron chi connectivity index (χ4n) is 11.0. The quantitative estimate of drug-likeness (QED) is 0.0261. The Morgan fingerprint density at radius 3 is 1.07 bits per heavy atom. The molecule has 1 amide bonds. The minimum Gasteiger partial charge on any atom is -0.394 e. The summed E-state index contributed by atoms with van der Waals surface area (Å²) in [5.74, 6) is -0.163. The van der Waals surface area contributed by atoms with E-state index in [-0.39, 0.29) is 12.5 Å². The summed E-state index contributed by atoms with van der Waals surface area (Å²) in [5, 5.41) is 55.0. The molecule has 7 unspecified atom stereocenters. The predicted molar refractivity (Wildman–Crippen MR) is 368 cm³/mol. The summed E-state index contributed by atoms with van der Waals surface area (Å²) >= 11 is 0. The third-order valence-electron chi connectivity index (χ3n) is 16.6. The molecular formula is C77H135NO8. The smallest absolute Gasteiger partial charge is 0.220 e. The molecule has 0 spiro atoms. The van der Waals surface area contributed by atoms with E-state index in [1.54, 1.807) is 0 Å². The maximum absolute atomic E-state index is 13.2. The van der Waals surface area contributed by atoms with Gasteiger partial charge in [0.15, 0.2) is 6.29 Å². The summed E-state index contributed by atoms with van der Waals surface area (Å²) < 4.78 is 11.4. The Morgan fingerprint density at radius 2 is 0.721 bits per heavy atom. The van der Waals surface area contributed by atoms with Crippen LogP contribution in [0.4, 0.5) is 0 Å². The lowest BCUT2D eigenvalue weighted by Crippen LogP contribution is -2.60. The van der Waals surface area contributed by atoms with Crippen molar-refractivity contribution in [3.05, 3.63) is 109 Å². The molecule has 0 aromatic carbocycles. The van der Waals surface area contributed by atoms with Crippen molar-refractivity contribution in [2.75, 3.05) is 13.2 Å². The molecule has 0 radical (unpaired) electrons. The minimum atomic E-state index is -1.57. The van der Waals surface area contributed by atoms with Crippen LogP contribution in [-0.2, 0) is 14.3 Å².